The van der Waals surface area contributed by atoms with E-state index in [1.54, 1.807) is 0 Å². The first kappa shape index (κ1) is 16.7. The molecule has 0 fully saturated rings. The topological polar surface area (TPSA) is 59.2 Å². The molecule has 1 aliphatic rings. The lowest BCUT2D eigenvalue weighted by Crippen LogP contribution is -2.19. The van der Waals surface area contributed by atoms with Crippen LogP contribution in [-0.4, -0.2) is 23.4 Å². The quantitative estimate of drug-likeness (QED) is 0.731. The summed E-state index contributed by atoms with van der Waals surface area (Å²) in [4.78, 5) is 0. The highest BCUT2D eigenvalue weighted by atomic mass is 16.6. The van der Waals surface area contributed by atoms with E-state index >= 15 is 0 Å². The molecule has 0 spiro atoms. The van der Waals surface area contributed by atoms with E-state index in [2.05, 4.69) is 65.8 Å². The molecule has 0 bridgehead atoms. The van der Waals surface area contributed by atoms with Crippen molar-refractivity contribution in [2.24, 2.45) is 0 Å². The van der Waals surface area contributed by atoms with Crippen molar-refractivity contribution in [1.82, 2.24) is 15.5 Å². The molecule has 0 unspecified atom stereocenters. The highest BCUT2D eigenvalue weighted by Crippen LogP contribution is 2.32. The molecule has 0 saturated heterocycles. The molecule has 5 nitrogen and oxygen atoms in total. The molecule has 2 heterocycles. The van der Waals surface area contributed by atoms with Gasteiger partial charge in [-0.15, -0.1) is 0 Å². The molecule has 4 rings (SSSR count). The first-order chi connectivity index (χ1) is 12.7. The van der Waals surface area contributed by atoms with Crippen molar-refractivity contribution in [2.75, 3.05) is 13.2 Å². The van der Waals surface area contributed by atoms with Crippen molar-refractivity contribution in [3.8, 4) is 22.8 Å². The van der Waals surface area contributed by atoms with Gasteiger partial charge in [0.2, 0.25) is 0 Å². The molecule has 3 aromatic rings. The second-order valence-electron chi connectivity index (χ2n) is 6.64. The standard InChI is InChI=1S/C21H23N3O2/c1-14-3-5-16(6-4-14)21-18(13-23-24-21)12-22-15(2)17-7-8-19-20(11-17)26-10-9-25-19/h3-8,11,13,15,22H,9-10,12H2,1-2H3,(H,23,24)/t15-/m0/s1. The Labute approximate surface area is 153 Å². The number of H-pyrrole nitrogens is 1. The van der Waals surface area contributed by atoms with Gasteiger partial charge in [0.05, 0.1) is 11.9 Å². The van der Waals surface area contributed by atoms with Gasteiger partial charge in [-0.1, -0.05) is 35.9 Å². The molecule has 0 saturated carbocycles. The molecule has 0 amide bonds. The third-order valence-corrected chi connectivity index (χ3v) is 4.72. The average molecular weight is 349 g/mol. The van der Waals surface area contributed by atoms with Crippen molar-refractivity contribution in [1.29, 1.82) is 0 Å². The zero-order valence-electron chi connectivity index (χ0n) is 15.1. The number of fused-ring (bicyclic) bond motifs is 1. The average Bonchev–Trinajstić information content (AvgIpc) is 3.15. The van der Waals surface area contributed by atoms with Crippen LogP contribution < -0.4 is 14.8 Å². The summed E-state index contributed by atoms with van der Waals surface area (Å²) in [6, 6.07) is 14.8. The van der Waals surface area contributed by atoms with Crippen LogP contribution in [-0.2, 0) is 6.54 Å². The summed E-state index contributed by atoms with van der Waals surface area (Å²) >= 11 is 0. The molecule has 0 aliphatic carbocycles. The summed E-state index contributed by atoms with van der Waals surface area (Å²) in [7, 11) is 0. The lowest BCUT2D eigenvalue weighted by molar-refractivity contribution is 0.171. The van der Waals surface area contributed by atoms with Crippen molar-refractivity contribution < 1.29 is 9.47 Å². The maximum Gasteiger partial charge on any atom is 0.161 e. The van der Waals surface area contributed by atoms with E-state index in [1.165, 1.54) is 11.1 Å². The van der Waals surface area contributed by atoms with Gasteiger partial charge in [0, 0.05) is 18.2 Å². The lowest BCUT2D eigenvalue weighted by atomic mass is 10.0. The van der Waals surface area contributed by atoms with Crippen molar-refractivity contribution in [3.05, 3.63) is 65.4 Å². The molecule has 5 heteroatoms. The lowest BCUT2D eigenvalue weighted by Gasteiger charge is -2.21. The summed E-state index contributed by atoms with van der Waals surface area (Å²) in [6.07, 6.45) is 1.89. The number of aromatic amines is 1. The highest BCUT2D eigenvalue weighted by molar-refractivity contribution is 5.62. The monoisotopic (exact) mass is 349 g/mol. The van der Waals surface area contributed by atoms with E-state index in [0.717, 1.165) is 34.9 Å². The fourth-order valence-electron chi connectivity index (χ4n) is 3.13. The number of aryl methyl sites for hydroxylation is 1. The molecule has 134 valence electrons. The zero-order valence-corrected chi connectivity index (χ0v) is 15.1. The molecular formula is C21H23N3O2. The first-order valence-corrected chi connectivity index (χ1v) is 8.93. The van der Waals surface area contributed by atoms with Gasteiger partial charge in [-0.2, -0.15) is 5.10 Å². The van der Waals surface area contributed by atoms with Gasteiger partial charge in [-0.25, -0.2) is 0 Å². The molecule has 1 atom stereocenters. The van der Waals surface area contributed by atoms with E-state index < -0.39 is 0 Å². The third-order valence-electron chi connectivity index (χ3n) is 4.72. The second-order valence-corrected chi connectivity index (χ2v) is 6.64. The van der Waals surface area contributed by atoms with E-state index in [1.807, 2.05) is 12.3 Å². The van der Waals surface area contributed by atoms with Gasteiger partial charge < -0.3 is 14.8 Å². The van der Waals surface area contributed by atoms with Crippen molar-refractivity contribution >= 4 is 0 Å². The minimum absolute atomic E-state index is 0.187. The van der Waals surface area contributed by atoms with Crippen LogP contribution in [0.5, 0.6) is 11.5 Å². The third kappa shape index (κ3) is 3.44. The minimum atomic E-state index is 0.187. The fraction of sp³-hybridized carbons (Fsp3) is 0.286. The molecule has 2 N–H and O–H groups in total. The van der Waals surface area contributed by atoms with Crippen LogP contribution in [0.1, 0.15) is 29.7 Å². The Morgan fingerprint density at radius 1 is 1.08 bits per heavy atom. The summed E-state index contributed by atoms with van der Waals surface area (Å²) in [5, 5.41) is 10.9. The largest absolute Gasteiger partial charge is 0.486 e. The Morgan fingerprint density at radius 2 is 1.85 bits per heavy atom. The van der Waals surface area contributed by atoms with Gasteiger partial charge in [0.15, 0.2) is 11.5 Å². The number of aromatic nitrogens is 2. The molecule has 0 radical (unpaired) electrons. The van der Waals surface area contributed by atoms with Crippen molar-refractivity contribution in [2.45, 2.75) is 26.4 Å². The number of nitrogens with one attached hydrogen (secondary N) is 2. The molecule has 2 aromatic carbocycles. The molecular weight excluding hydrogens is 326 g/mol. The van der Waals surface area contributed by atoms with Gasteiger partial charge >= 0.3 is 0 Å². The van der Waals surface area contributed by atoms with Crippen LogP contribution in [0.15, 0.2) is 48.7 Å². The number of hydrogen-bond donors (Lipinski definition) is 2. The summed E-state index contributed by atoms with van der Waals surface area (Å²) in [5.41, 5.74) is 5.79. The Hall–Kier alpha value is -2.79. The number of nitrogens with zero attached hydrogens (tertiary/aromatic N) is 1. The normalized spacial score (nSPS) is 14.2. The Bertz CT molecular complexity index is 887. The van der Waals surface area contributed by atoms with E-state index in [4.69, 9.17) is 9.47 Å². The van der Waals surface area contributed by atoms with Gasteiger partial charge in [0.25, 0.3) is 0 Å². The predicted molar refractivity (Wildman–Crippen MR) is 101 cm³/mol. The zero-order chi connectivity index (χ0) is 17.9. The van der Waals surface area contributed by atoms with Gasteiger partial charge in [-0.05, 0) is 37.1 Å². The van der Waals surface area contributed by atoms with Crippen LogP contribution in [0.2, 0.25) is 0 Å². The van der Waals surface area contributed by atoms with Gasteiger partial charge in [-0.3, -0.25) is 5.10 Å². The fourth-order valence-corrected chi connectivity index (χ4v) is 3.13. The number of ether oxygens (including phenoxy) is 2. The second kappa shape index (κ2) is 7.22. The molecule has 26 heavy (non-hydrogen) atoms. The smallest absolute Gasteiger partial charge is 0.161 e. The number of hydrogen-bond acceptors (Lipinski definition) is 4. The predicted octanol–water partition coefficient (Wildman–Crippen LogP) is 4.01. The SMILES string of the molecule is Cc1ccc(-c2[nH]ncc2CN[C@@H](C)c2ccc3c(c2)OCCO3)cc1. The number of rotatable bonds is 5. The highest BCUT2D eigenvalue weighted by Gasteiger charge is 2.15. The van der Waals surface area contributed by atoms with Gasteiger partial charge in [0.1, 0.15) is 13.2 Å². The summed E-state index contributed by atoms with van der Waals surface area (Å²) in [5.74, 6) is 1.65. The Balaban J connectivity index is 1.46. The van der Waals surface area contributed by atoms with Crippen molar-refractivity contribution in [3.63, 3.8) is 0 Å². The maximum absolute atomic E-state index is 5.68. The first-order valence-electron chi connectivity index (χ1n) is 8.93. The van der Waals surface area contributed by atoms with E-state index in [9.17, 15) is 0 Å². The van der Waals surface area contributed by atoms with E-state index in [-0.39, 0.29) is 6.04 Å². The van der Waals surface area contributed by atoms with Crippen LogP contribution in [0.4, 0.5) is 0 Å². The summed E-state index contributed by atoms with van der Waals surface area (Å²) < 4.78 is 11.3. The Morgan fingerprint density at radius 3 is 2.65 bits per heavy atom. The minimum Gasteiger partial charge on any atom is -0.486 e. The number of benzene rings is 2. The van der Waals surface area contributed by atoms with Crippen LogP contribution in [0, 0.1) is 6.92 Å². The maximum atomic E-state index is 5.68. The summed E-state index contributed by atoms with van der Waals surface area (Å²) in [6.45, 7) is 6.19. The van der Waals surface area contributed by atoms with Crippen LogP contribution in [0.25, 0.3) is 11.3 Å². The van der Waals surface area contributed by atoms with E-state index in [0.29, 0.717) is 13.2 Å². The van der Waals surface area contributed by atoms with Crippen LogP contribution in [0.3, 0.4) is 0 Å². The van der Waals surface area contributed by atoms with Crippen LogP contribution >= 0.6 is 0 Å². The Kier molecular flexibility index (Phi) is 4.63. The molecule has 1 aliphatic heterocycles. The molecule has 1 aromatic heterocycles.